The highest BCUT2D eigenvalue weighted by Crippen LogP contribution is 2.49. The smallest absolute Gasteiger partial charge is 0.240 e. The number of nitrogens with one attached hydrogen (secondary N) is 2. The highest BCUT2D eigenvalue weighted by molar-refractivity contribution is 8.00. The van der Waals surface area contributed by atoms with Crippen LogP contribution < -0.4 is 0 Å². The van der Waals surface area contributed by atoms with Gasteiger partial charge in [-0.25, -0.2) is 0 Å². The molecule has 3 aromatic heterocycles. The summed E-state index contributed by atoms with van der Waals surface area (Å²) in [4.78, 5) is 9.29. The van der Waals surface area contributed by atoms with Crippen molar-refractivity contribution in [2.24, 2.45) is 0 Å². The first-order valence-electron chi connectivity index (χ1n) is 11.0. The molecule has 0 radical (unpaired) electrons. The lowest BCUT2D eigenvalue weighted by Gasteiger charge is -2.25. The summed E-state index contributed by atoms with van der Waals surface area (Å²) in [5.41, 5.74) is 4.17. The van der Waals surface area contributed by atoms with Gasteiger partial charge in [0, 0.05) is 23.2 Å². The molecule has 1 aromatic carbocycles. The number of fused-ring (bicyclic) bond motifs is 2. The van der Waals surface area contributed by atoms with Gasteiger partial charge in [-0.05, 0) is 43.4 Å². The highest BCUT2D eigenvalue weighted by atomic mass is 32.2. The zero-order valence-electron chi connectivity index (χ0n) is 17.6. The van der Waals surface area contributed by atoms with Crippen molar-refractivity contribution >= 4 is 22.7 Å². The van der Waals surface area contributed by atoms with Gasteiger partial charge >= 0.3 is 0 Å². The fraction of sp³-hybridized carbons (Fsp3) is 0.435. The zero-order chi connectivity index (χ0) is 21.2. The second-order valence-electron chi connectivity index (χ2n) is 8.68. The summed E-state index contributed by atoms with van der Waals surface area (Å²) in [7, 11) is 0. The van der Waals surface area contributed by atoms with Crippen LogP contribution in [0.1, 0.15) is 73.7 Å². The first-order valence-corrected chi connectivity index (χ1v) is 11.9. The maximum atomic E-state index is 10.9. The average Bonchev–Trinajstić information content (AvgIpc) is 3.17. The monoisotopic (exact) mass is 435 g/mol. The van der Waals surface area contributed by atoms with E-state index >= 15 is 0 Å². The molecule has 2 aliphatic rings. The molecule has 4 heterocycles. The Morgan fingerprint density at radius 2 is 2.06 bits per heavy atom. The van der Waals surface area contributed by atoms with Gasteiger partial charge in [-0.2, -0.15) is 10.1 Å². The minimum Gasteiger partial charge on any atom is -0.385 e. The Morgan fingerprint density at radius 1 is 1.23 bits per heavy atom. The Morgan fingerprint density at radius 3 is 2.84 bits per heavy atom. The van der Waals surface area contributed by atoms with Gasteiger partial charge in [0.25, 0.3) is 0 Å². The van der Waals surface area contributed by atoms with Crippen LogP contribution in [0, 0.1) is 0 Å². The van der Waals surface area contributed by atoms with E-state index in [9.17, 15) is 5.11 Å². The lowest BCUT2D eigenvalue weighted by atomic mass is 9.88. The van der Waals surface area contributed by atoms with E-state index in [1.807, 2.05) is 19.9 Å². The van der Waals surface area contributed by atoms with E-state index in [-0.39, 0.29) is 5.25 Å². The molecule has 1 atom stereocenters. The fourth-order valence-corrected chi connectivity index (χ4v) is 5.68. The summed E-state index contributed by atoms with van der Waals surface area (Å²) in [5, 5.41) is 24.1. The van der Waals surface area contributed by atoms with Crippen LogP contribution in [0.2, 0.25) is 0 Å². The Labute approximate surface area is 184 Å². The molecule has 0 spiro atoms. The molecule has 3 N–H and O–H groups in total. The normalized spacial score (nSPS) is 18.7. The third-order valence-corrected chi connectivity index (χ3v) is 8.03. The minimum absolute atomic E-state index is 0.128. The van der Waals surface area contributed by atoms with Crippen LogP contribution in [0.3, 0.4) is 0 Å². The molecule has 0 amide bonds. The van der Waals surface area contributed by atoms with Crippen molar-refractivity contribution in [2.45, 2.75) is 67.6 Å². The van der Waals surface area contributed by atoms with Gasteiger partial charge in [-0.15, -0.1) is 11.8 Å². The third kappa shape index (κ3) is 3.11. The molecular weight excluding hydrogens is 410 g/mol. The molecule has 8 heteroatoms. The average molecular weight is 436 g/mol. The number of H-pyrrole nitrogens is 2. The number of aromatic nitrogens is 5. The Hall–Kier alpha value is -2.58. The zero-order valence-corrected chi connectivity index (χ0v) is 18.4. The van der Waals surface area contributed by atoms with Crippen molar-refractivity contribution in [2.75, 3.05) is 0 Å². The number of thioether (sulfide) groups is 1. The molecule has 1 unspecified atom stereocenters. The van der Waals surface area contributed by atoms with E-state index in [1.54, 1.807) is 11.8 Å². The fourth-order valence-electron chi connectivity index (χ4n) is 4.41. The van der Waals surface area contributed by atoms with Crippen molar-refractivity contribution < 1.29 is 9.63 Å². The molecule has 160 valence electrons. The molecule has 0 bridgehead atoms. The summed E-state index contributed by atoms with van der Waals surface area (Å²) in [6.07, 6.45) is 4.51. The topological polar surface area (TPSA) is 104 Å². The maximum Gasteiger partial charge on any atom is 0.240 e. The molecule has 1 saturated carbocycles. The quantitative estimate of drug-likeness (QED) is 0.384. The number of benzene rings is 1. The van der Waals surface area contributed by atoms with Crippen molar-refractivity contribution in [1.29, 1.82) is 0 Å². The van der Waals surface area contributed by atoms with Crippen LogP contribution in [0.25, 0.3) is 22.3 Å². The standard InChI is InChI=1S/C23H25N5O2S/c1-3-23(29,4-2)14-8-7-13-9-16(24-15(13)10-14)19-20-17(26-27-19)11-18(31-20)22-25-21(28-30-22)12-5-6-12/h7-10,12,18,24,29H,3-6,11H2,1-2H3,(H,26,27). The number of aromatic amines is 2. The predicted molar refractivity (Wildman–Crippen MR) is 119 cm³/mol. The molecule has 4 aromatic rings. The summed E-state index contributed by atoms with van der Waals surface area (Å²) >= 11 is 1.74. The first kappa shape index (κ1) is 19.1. The van der Waals surface area contributed by atoms with E-state index in [0.29, 0.717) is 24.7 Å². The number of hydrogen-bond donors (Lipinski definition) is 3. The van der Waals surface area contributed by atoms with Gasteiger partial charge in [0.2, 0.25) is 5.89 Å². The van der Waals surface area contributed by atoms with Crippen molar-refractivity contribution in [3.05, 3.63) is 47.2 Å². The van der Waals surface area contributed by atoms with Crippen LogP contribution in [0.5, 0.6) is 0 Å². The predicted octanol–water partition coefficient (Wildman–Crippen LogP) is 5.22. The van der Waals surface area contributed by atoms with Gasteiger partial charge in [-0.1, -0.05) is 31.1 Å². The second kappa shape index (κ2) is 6.97. The van der Waals surface area contributed by atoms with Gasteiger partial charge in [0.05, 0.1) is 27.1 Å². The van der Waals surface area contributed by atoms with Gasteiger partial charge in [0.15, 0.2) is 5.82 Å². The molecule has 1 fully saturated rings. The SMILES string of the molecule is CCC(O)(CC)c1ccc2cc(-c3n[nH]c4c3SC(c3nc(C5CC5)no3)C4)[nH]c2c1. The van der Waals surface area contributed by atoms with Crippen LogP contribution >= 0.6 is 11.8 Å². The summed E-state index contributed by atoms with van der Waals surface area (Å²) < 4.78 is 5.56. The van der Waals surface area contributed by atoms with Gasteiger partial charge < -0.3 is 14.6 Å². The largest absolute Gasteiger partial charge is 0.385 e. The van der Waals surface area contributed by atoms with Crippen molar-refractivity contribution in [3.63, 3.8) is 0 Å². The second-order valence-corrected chi connectivity index (χ2v) is 9.89. The van der Waals surface area contributed by atoms with E-state index in [1.165, 1.54) is 12.8 Å². The van der Waals surface area contributed by atoms with E-state index < -0.39 is 5.60 Å². The third-order valence-electron chi connectivity index (χ3n) is 6.70. The maximum absolute atomic E-state index is 10.9. The minimum atomic E-state index is -0.792. The molecule has 7 nitrogen and oxygen atoms in total. The molecule has 1 aliphatic heterocycles. The van der Waals surface area contributed by atoms with Gasteiger partial charge in [0.1, 0.15) is 5.69 Å². The Bertz CT molecular complexity index is 1260. The number of rotatable bonds is 6. The first-order chi connectivity index (χ1) is 15.1. The van der Waals surface area contributed by atoms with Crippen LogP contribution in [0.4, 0.5) is 0 Å². The van der Waals surface area contributed by atoms with Crippen molar-refractivity contribution in [1.82, 2.24) is 25.3 Å². The molecular formula is C23H25N5O2S. The summed E-state index contributed by atoms with van der Waals surface area (Å²) in [6.45, 7) is 4.04. The molecule has 6 rings (SSSR count). The summed E-state index contributed by atoms with van der Waals surface area (Å²) in [5.74, 6) is 2.06. The Kier molecular flexibility index (Phi) is 4.30. The number of aliphatic hydroxyl groups is 1. The van der Waals surface area contributed by atoms with Crippen LogP contribution in [0.15, 0.2) is 33.7 Å². The van der Waals surface area contributed by atoms with Gasteiger partial charge in [-0.3, -0.25) is 5.10 Å². The highest BCUT2D eigenvalue weighted by Gasteiger charge is 2.35. The summed E-state index contributed by atoms with van der Waals surface area (Å²) in [6, 6.07) is 8.28. The van der Waals surface area contributed by atoms with Crippen molar-refractivity contribution in [3.8, 4) is 11.4 Å². The van der Waals surface area contributed by atoms with E-state index in [4.69, 9.17) is 4.52 Å². The van der Waals surface area contributed by atoms with E-state index in [2.05, 4.69) is 43.5 Å². The number of nitrogens with zero attached hydrogens (tertiary/aromatic N) is 3. The molecule has 1 aliphatic carbocycles. The lowest BCUT2D eigenvalue weighted by Crippen LogP contribution is -2.23. The lowest BCUT2D eigenvalue weighted by molar-refractivity contribution is 0.0285. The molecule has 0 saturated heterocycles. The molecule has 31 heavy (non-hydrogen) atoms. The van der Waals surface area contributed by atoms with Crippen LogP contribution in [-0.2, 0) is 12.0 Å². The Balaban J connectivity index is 1.30. The van der Waals surface area contributed by atoms with Crippen LogP contribution in [-0.4, -0.2) is 30.4 Å². The number of hydrogen-bond acceptors (Lipinski definition) is 6. The van der Waals surface area contributed by atoms with E-state index in [0.717, 1.165) is 50.7 Å².